The van der Waals surface area contributed by atoms with Crippen LogP contribution >= 0.6 is 23.1 Å². The summed E-state index contributed by atoms with van der Waals surface area (Å²) in [6.07, 6.45) is 2.09. The number of thiazole rings is 1. The summed E-state index contributed by atoms with van der Waals surface area (Å²) in [5.41, 5.74) is 5.12. The highest BCUT2D eigenvalue weighted by Gasteiger charge is 2.22. The molecule has 0 aliphatic heterocycles. The van der Waals surface area contributed by atoms with E-state index < -0.39 is 0 Å². The predicted molar refractivity (Wildman–Crippen MR) is 131 cm³/mol. The number of anilines is 1. The smallest absolute Gasteiger partial charge is 0.233 e. The van der Waals surface area contributed by atoms with E-state index in [4.69, 9.17) is 4.98 Å². The zero-order valence-corrected chi connectivity index (χ0v) is 19.6. The van der Waals surface area contributed by atoms with Crippen molar-refractivity contribution in [3.8, 4) is 0 Å². The molecule has 6 heteroatoms. The van der Waals surface area contributed by atoms with E-state index in [0.717, 1.165) is 37.9 Å². The molecule has 2 aromatic heterocycles. The second-order valence-electron chi connectivity index (χ2n) is 7.43. The van der Waals surface area contributed by atoms with E-state index in [0.29, 0.717) is 13.0 Å². The Morgan fingerprint density at radius 1 is 1.03 bits per heavy atom. The average molecular weight is 448 g/mol. The maximum atomic E-state index is 13.4. The third kappa shape index (κ3) is 4.97. The minimum Gasteiger partial charge on any atom is -0.282 e. The summed E-state index contributed by atoms with van der Waals surface area (Å²) in [6, 6.07) is 18.2. The van der Waals surface area contributed by atoms with E-state index in [1.807, 2.05) is 30.3 Å². The second-order valence-corrected chi connectivity index (χ2v) is 9.74. The van der Waals surface area contributed by atoms with Crippen molar-refractivity contribution in [1.82, 2.24) is 9.97 Å². The summed E-state index contributed by atoms with van der Waals surface area (Å²) < 4.78 is 1.13. The molecule has 4 nitrogen and oxygen atoms in total. The molecule has 0 saturated carbocycles. The van der Waals surface area contributed by atoms with E-state index in [1.165, 1.54) is 10.5 Å². The van der Waals surface area contributed by atoms with Crippen molar-refractivity contribution in [3.05, 3.63) is 83.2 Å². The number of fused-ring (bicyclic) bond motifs is 1. The first-order chi connectivity index (χ1) is 15.0. The normalized spacial score (nSPS) is 11.1. The van der Waals surface area contributed by atoms with E-state index in [-0.39, 0.29) is 5.91 Å². The summed E-state index contributed by atoms with van der Waals surface area (Å²) in [5, 5.41) is 0.723. The molecule has 0 N–H and O–H groups in total. The van der Waals surface area contributed by atoms with Gasteiger partial charge in [0.1, 0.15) is 0 Å². The van der Waals surface area contributed by atoms with Crippen LogP contribution in [0.15, 0.2) is 65.7 Å². The van der Waals surface area contributed by atoms with Crippen molar-refractivity contribution in [3.63, 3.8) is 0 Å². The molecule has 0 saturated heterocycles. The Morgan fingerprint density at radius 2 is 1.81 bits per heavy atom. The number of hydrogen-bond donors (Lipinski definition) is 0. The number of rotatable bonds is 7. The quantitative estimate of drug-likeness (QED) is 0.317. The first-order valence-electron chi connectivity index (χ1n) is 10.3. The fraction of sp³-hybridized carbons (Fsp3) is 0.240. The average Bonchev–Trinajstić information content (AvgIpc) is 3.23. The number of aryl methyl sites for hydroxylation is 2. The van der Waals surface area contributed by atoms with Crippen LogP contribution in [0.3, 0.4) is 0 Å². The molecule has 2 aromatic carbocycles. The highest BCUT2D eigenvalue weighted by molar-refractivity contribution is 7.99. The van der Waals surface area contributed by atoms with Crippen LogP contribution in [0.5, 0.6) is 0 Å². The topological polar surface area (TPSA) is 46.1 Å². The molecule has 0 atom stereocenters. The summed E-state index contributed by atoms with van der Waals surface area (Å²) in [7, 11) is 0. The lowest BCUT2D eigenvalue weighted by Gasteiger charge is -2.19. The third-order valence-corrected chi connectivity index (χ3v) is 7.21. The number of nitrogens with zero attached hydrogens (tertiary/aromatic N) is 3. The lowest BCUT2D eigenvalue weighted by molar-refractivity contribution is -0.118. The summed E-state index contributed by atoms with van der Waals surface area (Å²) in [6.45, 7) is 6.69. The Bertz CT molecular complexity index is 1150. The minimum absolute atomic E-state index is 0.0240. The Morgan fingerprint density at radius 3 is 2.48 bits per heavy atom. The van der Waals surface area contributed by atoms with E-state index in [1.54, 1.807) is 34.2 Å². The largest absolute Gasteiger partial charge is 0.282 e. The van der Waals surface area contributed by atoms with Gasteiger partial charge in [-0.2, -0.15) is 0 Å². The fourth-order valence-corrected chi connectivity index (χ4v) is 5.21. The molecule has 0 bridgehead atoms. The molecule has 0 spiro atoms. The molecule has 31 heavy (non-hydrogen) atoms. The SMILES string of the molecule is CCSc1ccc(CC(=O)N(Cc2ccccn2)c2nc3c(C)ccc(C)c3s2)cc1. The number of pyridine rings is 1. The first-order valence-corrected chi connectivity index (χ1v) is 12.1. The number of carbonyl (C=O) groups is 1. The van der Waals surface area contributed by atoms with Crippen molar-refractivity contribution in [2.45, 2.75) is 38.6 Å². The molecule has 1 amide bonds. The van der Waals surface area contributed by atoms with Gasteiger partial charge in [-0.1, -0.05) is 48.6 Å². The fourth-order valence-electron chi connectivity index (χ4n) is 3.42. The molecule has 0 radical (unpaired) electrons. The Balaban J connectivity index is 1.66. The van der Waals surface area contributed by atoms with Gasteiger partial charge in [0.05, 0.1) is 28.9 Å². The maximum Gasteiger partial charge on any atom is 0.233 e. The number of thioether (sulfide) groups is 1. The van der Waals surface area contributed by atoms with Gasteiger partial charge in [-0.05, 0) is 60.6 Å². The zero-order chi connectivity index (χ0) is 21.8. The molecule has 158 valence electrons. The lowest BCUT2D eigenvalue weighted by Crippen LogP contribution is -2.32. The van der Waals surface area contributed by atoms with Crippen LogP contribution in [0.4, 0.5) is 5.13 Å². The summed E-state index contributed by atoms with van der Waals surface area (Å²) in [5.74, 6) is 1.06. The van der Waals surface area contributed by atoms with Gasteiger partial charge in [0.2, 0.25) is 5.91 Å². The van der Waals surface area contributed by atoms with Crippen LogP contribution in [0.1, 0.15) is 29.3 Å². The van der Waals surface area contributed by atoms with E-state index in [2.05, 4.69) is 50.0 Å². The van der Waals surface area contributed by atoms with Crippen molar-refractivity contribution >= 4 is 44.4 Å². The van der Waals surface area contributed by atoms with Crippen LogP contribution in [0, 0.1) is 13.8 Å². The third-order valence-electron chi connectivity index (χ3n) is 5.10. The summed E-state index contributed by atoms with van der Waals surface area (Å²) >= 11 is 3.38. The molecule has 0 aliphatic rings. The Kier molecular flexibility index (Phi) is 6.68. The van der Waals surface area contributed by atoms with E-state index in [9.17, 15) is 4.79 Å². The number of carbonyl (C=O) groups excluding carboxylic acids is 1. The predicted octanol–water partition coefficient (Wildman–Crippen LogP) is 6.20. The second kappa shape index (κ2) is 9.62. The molecule has 0 fully saturated rings. The van der Waals surface area contributed by atoms with Crippen molar-refractivity contribution < 1.29 is 4.79 Å². The van der Waals surface area contributed by atoms with Crippen molar-refractivity contribution in [1.29, 1.82) is 0 Å². The molecule has 4 aromatic rings. The van der Waals surface area contributed by atoms with Gasteiger partial charge in [-0.25, -0.2) is 4.98 Å². The summed E-state index contributed by atoms with van der Waals surface area (Å²) in [4.78, 5) is 25.7. The monoisotopic (exact) mass is 447 g/mol. The molecular formula is C25H25N3OS2. The van der Waals surface area contributed by atoms with Gasteiger partial charge in [-0.3, -0.25) is 14.7 Å². The van der Waals surface area contributed by atoms with Crippen LogP contribution < -0.4 is 4.90 Å². The molecule has 0 unspecified atom stereocenters. The Labute approximate surface area is 191 Å². The number of benzene rings is 2. The van der Waals surface area contributed by atoms with Gasteiger partial charge < -0.3 is 0 Å². The Hall–Kier alpha value is -2.70. The molecule has 2 heterocycles. The molecular weight excluding hydrogens is 422 g/mol. The molecule has 0 aliphatic carbocycles. The van der Waals surface area contributed by atoms with Gasteiger partial charge in [-0.15, -0.1) is 11.8 Å². The maximum absolute atomic E-state index is 13.4. The molecule has 4 rings (SSSR count). The zero-order valence-electron chi connectivity index (χ0n) is 18.0. The van der Waals surface area contributed by atoms with Gasteiger partial charge in [0.25, 0.3) is 0 Å². The van der Waals surface area contributed by atoms with Crippen LogP contribution in [-0.4, -0.2) is 21.6 Å². The minimum atomic E-state index is 0.0240. The van der Waals surface area contributed by atoms with Crippen LogP contribution in [-0.2, 0) is 17.8 Å². The van der Waals surface area contributed by atoms with Crippen LogP contribution in [0.2, 0.25) is 0 Å². The number of amides is 1. The van der Waals surface area contributed by atoms with Crippen LogP contribution in [0.25, 0.3) is 10.2 Å². The standard InChI is InChI=1S/C25H25N3OS2/c1-4-30-21-12-10-19(11-13-21)15-22(29)28(16-20-7-5-6-14-26-20)25-27-23-17(2)8-9-18(3)24(23)31-25/h5-14H,4,15-16H2,1-3H3. The van der Waals surface area contributed by atoms with Gasteiger partial charge in [0, 0.05) is 11.1 Å². The highest BCUT2D eigenvalue weighted by atomic mass is 32.2. The van der Waals surface area contributed by atoms with Crippen molar-refractivity contribution in [2.24, 2.45) is 0 Å². The van der Waals surface area contributed by atoms with Crippen molar-refractivity contribution in [2.75, 3.05) is 10.7 Å². The highest BCUT2D eigenvalue weighted by Crippen LogP contribution is 2.34. The lowest BCUT2D eigenvalue weighted by atomic mass is 10.1. The van der Waals surface area contributed by atoms with Gasteiger partial charge >= 0.3 is 0 Å². The van der Waals surface area contributed by atoms with E-state index >= 15 is 0 Å². The number of hydrogen-bond acceptors (Lipinski definition) is 5. The number of aromatic nitrogens is 2. The van der Waals surface area contributed by atoms with Gasteiger partial charge in [0.15, 0.2) is 5.13 Å². The first kappa shape index (κ1) is 21.5.